The van der Waals surface area contributed by atoms with Gasteiger partial charge in [0.25, 0.3) is 0 Å². The number of hydrogen-bond donors (Lipinski definition) is 1. The molecule has 0 spiro atoms. The molecule has 0 bridgehead atoms. The first-order valence-electron chi connectivity index (χ1n) is 4.84. The Labute approximate surface area is 79.4 Å². The van der Waals surface area contributed by atoms with Crippen LogP contribution in [0.5, 0.6) is 0 Å². The van der Waals surface area contributed by atoms with E-state index in [1.54, 1.807) is 0 Å². The van der Waals surface area contributed by atoms with Crippen molar-refractivity contribution in [3.05, 3.63) is 35.9 Å². The fourth-order valence-corrected chi connectivity index (χ4v) is 1.79. The summed E-state index contributed by atoms with van der Waals surface area (Å²) in [5.41, 5.74) is 0.484. The van der Waals surface area contributed by atoms with Gasteiger partial charge in [-0.05, 0) is 25.3 Å². The van der Waals surface area contributed by atoms with Crippen LogP contribution in [0.2, 0.25) is 0 Å². The maximum absolute atomic E-state index is 10.4. The molecule has 0 saturated heterocycles. The lowest BCUT2D eigenvalue weighted by atomic mass is 9.81. The molecule has 1 atom stereocenters. The Balaban J connectivity index is 2.35. The highest BCUT2D eigenvalue weighted by Gasteiger charge is 2.52. The molecule has 1 N–H and O–H groups in total. The Morgan fingerprint density at radius 3 is 2.23 bits per heavy atom. The van der Waals surface area contributed by atoms with Crippen molar-refractivity contribution in [2.75, 3.05) is 0 Å². The van der Waals surface area contributed by atoms with Crippen LogP contribution in [0.15, 0.2) is 30.3 Å². The first-order valence-corrected chi connectivity index (χ1v) is 4.84. The van der Waals surface area contributed by atoms with Crippen molar-refractivity contribution in [2.45, 2.75) is 32.3 Å². The van der Waals surface area contributed by atoms with Gasteiger partial charge in [-0.3, -0.25) is 0 Å². The van der Waals surface area contributed by atoms with Crippen LogP contribution in [-0.2, 0) is 5.60 Å². The SMILES string of the molecule is CC1([C@](C)(O)c2ccccc2)CC1. The fraction of sp³-hybridized carbons (Fsp3) is 0.500. The Kier molecular flexibility index (Phi) is 1.74. The lowest BCUT2D eigenvalue weighted by Gasteiger charge is -2.30. The molecule has 0 unspecified atom stereocenters. The smallest absolute Gasteiger partial charge is 0.0921 e. The molecule has 70 valence electrons. The van der Waals surface area contributed by atoms with Crippen molar-refractivity contribution in [1.29, 1.82) is 0 Å². The molecule has 1 aromatic rings. The average molecular weight is 176 g/mol. The van der Waals surface area contributed by atoms with Gasteiger partial charge in [-0.1, -0.05) is 37.3 Å². The summed E-state index contributed by atoms with van der Waals surface area (Å²) < 4.78 is 0. The third kappa shape index (κ3) is 1.28. The predicted molar refractivity (Wildman–Crippen MR) is 53.4 cm³/mol. The molecule has 0 radical (unpaired) electrons. The standard InChI is InChI=1S/C12H16O/c1-11(8-9-11)12(2,13)10-6-4-3-5-7-10/h3-7,13H,8-9H2,1-2H3/t12-/m1/s1. The third-order valence-corrected chi connectivity index (χ3v) is 3.51. The van der Waals surface area contributed by atoms with E-state index in [4.69, 9.17) is 0 Å². The molecule has 0 aromatic heterocycles. The largest absolute Gasteiger partial charge is 0.385 e. The van der Waals surface area contributed by atoms with Gasteiger partial charge < -0.3 is 5.11 Å². The van der Waals surface area contributed by atoms with Gasteiger partial charge in [0.2, 0.25) is 0 Å². The van der Waals surface area contributed by atoms with Crippen LogP contribution in [0, 0.1) is 5.41 Å². The highest BCUT2D eigenvalue weighted by Crippen LogP contribution is 2.57. The molecule has 1 aliphatic carbocycles. The number of rotatable bonds is 2. The zero-order valence-electron chi connectivity index (χ0n) is 8.25. The van der Waals surface area contributed by atoms with Crippen molar-refractivity contribution in [2.24, 2.45) is 5.41 Å². The summed E-state index contributed by atoms with van der Waals surface area (Å²) in [4.78, 5) is 0. The molecule has 1 heteroatoms. The summed E-state index contributed by atoms with van der Waals surface area (Å²) in [6, 6.07) is 9.95. The quantitative estimate of drug-likeness (QED) is 0.734. The molecular weight excluding hydrogens is 160 g/mol. The van der Waals surface area contributed by atoms with E-state index in [1.165, 1.54) is 0 Å². The number of aliphatic hydroxyl groups is 1. The molecule has 0 amide bonds. The highest BCUT2D eigenvalue weighted by atomic mass is 16.3. The van der Waals surface area contributed by atoms with Crippen LogP contribution in [0.4, 0.5) is 0 Å². The van der Waals surface area contributed by atoms with Crippen LogP contribution >= 0.6 is 0 Å². The topological polar surface area (TPSA) is 20.2 Å². The number of hydrogen-bond acceptors (Lipinski definition) is 1. The van der Waals surface area contributed by atoms with Crippen molar-refractivity contribution in [1.82, 2.24) is 0 Å². The Morgan fingerprint density at radius 2 is 1.77 bits per heavy atom. The molecule has 1 aromatic carbocycles. The zero-order valence-corrected chi connectivity index (χ0v) is 8.25. The molecule has 1 aliphatic rings. The molecule has 0 aliphatic heterocycles. The Hall–Kier alpha value is -0.820. The van der Waals surface area contributed by atoms with E-state index in [2.05, 4.69) is 6.92 Å². The molecule has 1 fully saturated rings. The molecule has 1 nitrogen and oxygen atoms in total. The van der Waals surface area contributed by atoms with Crippen LogP contribution in [-0.4, -0.2) is 5.11 Å². The van der Waals surface area contributed by atoms with Gasteiger partial charge in [0, 0.05) is 5.41 Å². The second kappa shape index (κ2) is 2.58. The van der Waals surface area contributed by atoms with E-state index in [0.717, 1.165) is 18.4 Å². The fourth-order valence-electron chi connectivity index (χ4n) is 1.79. The molecular formula is C12H16O. The van der Waals surface area contributed by atoms with Gasteiger partial charge in [0.15, 0.2) is 0 Å². The maximum atomic E-state index is 10.4. The average Bonchev–Trinajstić information content (AvgIpc) is 2.87. The zero-order chi connectivity index (χ0) is 9.53. The van der Waals surface area contributed by atoms with Gasteiger partial charge in [0.05, 0.1) is 5.60 Å². The van der Waals surface area contributed by atoms with E-state index < -0.39 is 5.60 Å². The summed E-state index contributed by atoms with van der Waals surface area (Å²) >= 11 is 0. The third-order valence-electron chi connectivity index (χ3n) is 3.51. The first kappa shape index (κ1) is 8.76. The first-order chi connectivity index (χ1) is 6.06. The van der Waals surface area contributed by atoms with Crippen molar-refractivity contribution in [3.63, 3.8) is 0 Å². The number of benzene rings is 1. The highest BCUT2D eigenvalue weighted by molar-refractivity contribution is 5.26. The van der Waals surface area contributed by atoms with Crippen LogP contribution in [0.3, 0.4) is 0 Å². The normalized spacial score (nSPS) is 23.6. The van der Waals surface area contributed by atoms with Gasteiger partial charge in [-0.2, -0.15) is 0 Å². The minimum absolute atomic E-state index is 0.106. The monoisotopic (exact) mass is 176 g/mol. The predicted octanol–water partition coefficient (Wildman–Crippen LogP) is 2.69. The molecule has 2 rings (SSSR count). The van der Waals surface area contributed by atoms with Gasteiger partial charge in [0.1, 0.15) is 0 Å². The van der Waals surface area contributed by atoms with Crippen molar-refractivity contribution in [3.8, 4) is 0 Å². The maximum Gasteiger partial charge on any atom is 0.0921 e. The van der Waals surface area contributed by atoms with Crippen LogP contribution in [0.25, 0.3) is 0 Å². The lowest BCUT2D eigenvalue weighted by Crippen LogP contribution is -2.31. The summed E-state index contributed by atoms with van der Waals surface area (Å²) in [7, 11) is 0. The van der Waals surface area contributed by atoms with E-state index in [-0.39, 0.29) is 5.41 Å². The minimum Gasteiger partial charge on any atom is -0.385 e. The van der Waals surface area contributed by atoms with E-state index in [0.29, 0.717) is 0 Å². The molecule has 13 heavy (non-hydrogen) atoms. The second-order valence-electron chi connectivity index (χ2n) is 4.50. The van der Waals surface area contributed by atoms with Gasteiger partial charge in [-0.15, -0.1) is 0 Å². The minimum atomic E-state index is -0.658. The Morgan fingerprint density at radius 1 is 1.23 bits per heavy atom. The van der Waals surface area contributed by atoms with E-state index in [9.17, 15) is 5.11 Å². The van der Waals surface area contributed by atoms with Gasteiger partial charge >= 0.3 is 0 Å². The molecule has 0 heterocycles. The summed E-state index contributed by atoms with van der Waals surface area (Å²) in [6.07, 6.45) is 2.27. The summed E-state index contributed by atoms with van der Waals surface area (Å²) in [5, 5.41) is 10.4. The second-order valence-corrected chi connectivity index (χ2v) is 4.50. The van der Waals surface area contributed by atoms with Crippen molar-refractivity contribution < 1.29 is 5.11 Å². The summed E-state index contributed by atoms with van der Waals surface area (Å²) in [6.45, 7) is 4.08. The van der Waals surface area contributed by atoms with Gasteiger partial charge in [-0.25, -0.2) is 0 Å². The van der Waals surface area contributed by atoms with Crippen LogP contribution in [0.1, 0.15) is 32.3 Å². The van der Waals surface area contributed by atoms with E-state index in [1.807, 2.05) is 37.3 Å². The molecule has 1 saturated carbocycles. The van der Waals surface area contributed by atoms with Crippen molar-refractivity contribution >= 4 is 0 Å². The van der Waals surface area contributed by atoms with E-state index >= 15 is 0 Å². The lowest BCUT2D eigenvalue weighted by molar-refractivity contribution is -0.0126. The summed E-state index contributed by atoms with van der Waals surface area (Å²) in [5.74, 6) is 0. The Bertz CT molecular complexity index is 296. The van der Waals surface area contributed by atoms with Crippen LogP contribution < -0.4 is 0 Å².